The molecule has 0 bridgehead atoms. The zero-order valence-electron chi connectivity index (χ0n) is 15.7. The number of halogens is 6. The molecule has 2 rings (SSSR count). The molecule has 2 fully saturated rings. The number of nitrogens with zero attached hydrogens (tertiary/aromatic N) is 1. The molecule has 0 spiro atoms. The lowest BCUT2D eigenvalue weighted by molar-refractivity contribution is -0.173. The maximum atomic E-state index is 12.9. The van der Waals surface area contributed by atoms with E-state index in [4.69, 9.17) is 0 Å². The van der Waals surface area contributed by atoms with Crippen LogP contribution in [0.2, 0.25) is 0 Å². The van der Waals surface area contributed by atoms with Gasteiger partial charge < -0.3 is 5.11 Å². The van der Waals surface area contributed by atoms with Crippen LogP contribution in [0.15, 0.2) is 0 Å². The van der Waals surface area contributed by atoms with E-state index in [-0.39, 0.29) is 42.4 Å². The van der Waals surface area contributed by atoms with Crippen molar-refractivity contribution >= 4 is 11.8 Å². The Morgan fingerprint density at radius 3 is 2.33 bits per heavy atom. The lowest BCUT2D eigenvalue weighted by Crippen LogP contribution is -2.40. The van der Waals surface area contributed by atoms with Gasteiger partial charge in [-0.15, -0.1) is 11.8 Å². The van der Waals surface area contributed by atoms with Crippen molar-refractivity contribution in [1.82, 2.24) is 4.90 Å². The molecule has 1 heterocycles. The van der Waals surface area contributed by atoms with Crippen LogP contribution in [-0.4, -0.2) is 45.8 Å². The predicted molar refractivity (Wildman–Crippen MR) is 94.1 cm³/mol. The summed E-state index contributed by atoms with van der Waals surface area (Å²) in [7, 11) is 0. The lowest BCUT2D eigenvalue weighted by atomic mass is 9.92. The predicted octanol–water partition coefficient (Wildman–Crippen LogP) is 5.81. The first-order valence-electron chi connectivity index (χ1n) is 9.63. The average Bonchev–Trinajstić information content (AvgIpc) is 3.11. The Kier molecular flexibility index (Phi) is 7.81. The monoisotopic (exact) mass is 421 g/mol. The SMILES string of the molecule is CCC(CCC(F)(F)F)CC1SC(O)N(CC2CCC(C(F)(F)F)C2)C1C. The minimum absolute atomic E-state index is 0.00185. The van der Waals surface area contributed by atoms with E-state index in [9.17, 15) is 31.4 Å². The van der Waals surface area contributed by atoms with Crippen LogP contribution in [0, 0.1) is 17.8 Å². The van der Waals surface area contributed by atoms with Crippen molar-refractivity contribution in [3.8, 4) is 0 Å². The molecule has 1 N–H and O–H groups in total. The van der Waals surface area contributed by atoms with Gasteiger partial charge in [0, 0.05) is 24.3 Å². The van der Waals surface area contributed by atoms with Gasteiger partial charge in [-0.25, -0.2) is 0 Å². The minimum Gasteiger partial charge on any atom is -0.369 e. The fraction of sp³-hybridized carbons (Fsp3) is 1.00. The van der Waals surface area contributed by atoms with E-state index < -0.39 is 30.3 Å². The number of alkyl halides is 6. The smallest absolute Gasteiger partial charge is 0.369 e. The molecule has 0 amide bonds. The van der Waals surface area contributed by atoms with Crippen molar-refractivity contribution in [2.45, 2.75) is 88.0 Å². The highest BCUT2D eigenvalue weighted by Crippen LogP contribution is 2.45. The second kappa shape index (κ2) is 9.11. The molecular weight excluding hydrogens is 392 g/mol. The highest BCUT2D eigenvalue weighted by Gasteiger charge is 2.46. The van der Waals surface area contributed by atoms with Crippen LogP contribution in [-0.2, 0) is 0 Å². The number of aliphatic hydroxyl groups is 1. The zero-order valence-corrected chi connectivity index (χ0v) is 16.5. The molecule has 0 aromatic heterocycles. The van der Waals surface area contributed by atoms with Crippen molar-refractivity contribution in [2.24, 2.45) is 17.8 Å². The highest BCUT2D eigenvalue weighted by atomic mass is 32.2. The normalized spacial score (nSPS) is 34.3. The first kappa shape index (κ1) is 23.1. The molecule has 27 heavy (non-hydrogen) atoms. The van der Waals surface area contributed by atoms with Crippen molar-refractivity contribution in [2.75, 3.05) is 6.54 Å². The van der Waals surface area contributed by atoms with Gasteiger partial charge in [-0.05, 0) is 50.9 Å². The quantitative estimate of drug-likeness (QED) is 0.525. The van der Waals surface area contributed by atoms with Crippen molar-refractivity contribution in [3.63, 3.8) is 0 Å². The summed E-state index contributed by atoms with van der Waals surface area (Å²) >= 11 is 1.33. The number of aliphatic hydroxyl groups excluding tert-OH is 1. The van der Waals surface area contributed by atoms with E-state index in [1.165, 1.54) is 11.8 Å². The topological polar surface area (TPSA) is 23.5 Å². The number of hydrogen-bond donors (Lipinski definition) is 1. The molecule has 1 aliphatic heterocycles. The third kappa shape index (κ3) is 6.70. The van der Waals surface area contributed by atoms with Crippen LogP contribution in [0.1, 0.15) is 58.8 Å². The van der Waals surface area contributed by atoms with Crippen LogP contribution in [0.5, 0.6) is 0 Å². The molecular formula is C18H29F6NOS. The van der Waals surface area contributed by atoms with E-state index >= 15 is 0 Å². The minimum atomic E-state index is -4.16. The van der Waals surface area contributed by atoms with E-state index in [0.717, 1.165) is 0 Å². The summed E-state index contributed by atoms with van der Waals surface area (Å²) in [6.45, 7) is 4.20. The van der Waals surface area contributed by atoms with Crippen LogP contribution in [0.3, 0.4) is 0 Å². The molecule has 0 aromatic carbocycles. The first-order chi connectivity index (χ1) is 12.4. The maximum Gasteiger partial charge on any atom is 0.391 e. The molecule has 9 heteroatoms. The molecule has 2 nitrogen and oxygen atoms in total. The van der Waals surface area contributed by atoms with Crippen LogP contribution < -0.4 is 0 Å². The summed E-state index contributed by atoms with van der Waals surface area (Å²) in [5, 5.41) is 10.3. The van der Waals surface area contributed by atoms with E-state index in [2.05, 4.69) is 0 Å². The number of rotatable bonds is 7. The van der Waals surface area contributed by atoms with Gasteiger partial charge in [0.05, 0.1) is 5.92 Å². The van der Waals surface area contributed by atoms with Crippen LogP contribution >= 0.6 is 11.8 Å². The van der Waals surface area contributed by atoms with E-state index in [0.29, 0.717) is 25.8 Å². The fourth-order valence-corrected chi connectivity index (χ4v) is 5.81. The van der Waals surface area contributed by atoms with Gasteiger partial charge in [0.1, 0.15) is 0 Å². The van der Waals surface area contributed by atoms with Crippen LogP contribution in [0.4, 0.5) is 26.3 Å². The van der Waals surface area contributed by atoms with E-state index in [1.54, 1.807) is 0 Å². The fourth-order valence-electron chi connectivity index (χ4n) is 4.29. The van der Waals surface area contributed by atoms with Gasteiger partial charge in [-0.2, -0.15) is 26.3 Å². The molecule has 1 saturated heterocycles. The summed E-state index contributed by atoms with van der Waals surface area (Å²) in [5.41, 5.74) is -0.796. The Hall–Kier alpha value is -0.150. The largest absolute Gasteiger partial charge is 0.391 e. The van der Waals surface area contributed by atoms with Gasteiger partial charge in [0.15, 0.2) is 5.56 Å². The zero-order chi connectivity index (χ0) is 20.4. The standard InChI is InChI=1S/C18H29F6NOS/c1-3-12(6-7-17(19,20)21)9-15-11(2)25(16(26)27-15)10-13-4-5-14(8-13)18(22,23)24/h11-16,26H,3-10H2,1-2H3. The first-order valence-corrected chi connectivity index (χ1v) is 10.6. The van der Waals surface area contributed by atoms with Crippen molar-refractivity contribution in [1.29, 1.82) is 0 Å². The molecule has 6 atom stereocenters. The Labute approximate surface area is 161 Å². The summed E-state index contributed by atoms with van der Waals surface area (Å²) in [4.78, 5) is 1.83. The Balaban J connectivity index is 1.87. The van der Waals surface area contributed by atoms with Crippen molar-refractivity contribution < 1.29 is 31.4 Å². The van der Waals surface area contributed by atoms with Crippen LogP contribution in [0.25, 0.3) is 0 Å². The van der Waals surface area contributed by atoms with Gasteiger partial charge in [-0.1, -0.05) is 13.3 Å². The highest BCUT2D eigenvalue weighted by molar-refractivity contribution is 8.00. The molecule has 160 valence electrons. The summed E-state index contributed by atoms with van der Waals surface area (Å²) < 4.78 is 76.0. The Bertz CT molecular complexity index is 472. The molecule has 1 saturated carbocycles. The molecule has 0 radical (unpaired) electrons. The average molecular weight is 421 g/mol. The second-order valence-electron chi connectivity index (χ2n) is 8.02. The summed E-state index contributed by atoms with van der Waals surface area (Å²) in [6.07, 6.45) is -7.08. The molecule has 6 unspecified atom stereocenters. The van der Waals surface area contributed by atoms with Gasteiger partial charge >= 0.3 is 12.4 Å². The Morgan fingerprint density at radius 2 is 1.81 bits per heavy atom. The van der Waals surface area contributed by atoms with Gasteiger partial charge in [0.2, 0.25) is 0 Å². The third-order valence-corrected chi connectivity index (χ3v) is 7.54. The number of thioether (sulfide) groups is 1. The molecule has 0 aromatic rings. The third-order valence-electron chi connectivity index (χ3n) is 6.09. The second-order valence-corrected chi connectivity index (χ2v) is 9.32. The Morgan fingerprint density at radius 1 is 1.15 bits per heavy atom. The summed E-state index contributed by atoms with van der Waals surface area (Å²) in [5.74, 6) is -1.42. The maximum absolute atomic E-state index is 12.9. The summed E-state index contributed by atoms with van der Waals surface area (Å²) in [6, 6.07) is -0.0603. The van der Waals surface area contributed by atoms with Gasteiger partial charge in [0.25, 0.3) is 0 Å². The van der Waals surface area contributed by atoms with Gasteiger partial charge in [-0.3, -0.25) is 4.90 Å². The van der Waals surface area contributed by atoms with Crippen molar-refractivity contribution in [3.05, 3.63) is 0 Å². The lowest BCUT2D eigenvalue weighted by Gasteiger charge is -2.29. The number of hydrogen-bond acceptors (Lipinski definition) is 3. The molecule has 1 aliphatic carbocycles. The molecule has 2 aliphatic rings. The van der Waals surface area contributed by atoms with E-state index in [1.807, 2.05) is 18.7 Å².